The average Bonchev–Trinajstić information content (AvgIpc) is 3.28. The third-order valence-corrected chi connectivity index (χ3v) is 7.47. The van der Waals surface area contributed by atoms with Crippen LogP contribution in [0.5, 0.6) is 0 Å². The van der Waals surface area contributed by atoms with E-state index in [4.69, 9.17) is 23.1 Å². The number of nitrogens with zero attached hydrogens (tertiary/aromatic N) is 2. The molecule has 4 aromatic rings. The first-order valence-electron chi connectivity index (χ1n) is 14.5. The molecule has 0 saturated carbocycles. The van der Waals surface area contributed by atoms with Crippen LogP contribution in [0, 0.1) is 5.82 Å². The van der Waals surface area contributed by atoms with Crippen molar-refractivity contribution in [2.45, 2.75) is 104 Å². The molecule has 2 aromatic heterocycles. The van der Waals surface area contributed by atoms with Crippen LogP contribution in [0.25, 0.3) is 16.7 Å². The molecular weight excluding hydrogens is 549 g/mol. The molecule has 1 atom stereocenters. The van der Waals surface area contributed by atoms with E-state index in [1.165, 1.54) is 0 Å². The molecule has 0 amide bonds. The van der Waals surface area contributed by atoms with Gasteiger partial charge in [0, 0.05) is 34.3 Å². The van der Waals surface area contributed by atoms with E-state index >= 15 is 0 Å². The van der Waals surface area contributed by atoms with Crippen LogP contribution in [0.3, 0.4) is 0 Å². The number of aryl methyl sites for hydroxylation is 1. The highest BCUT2D eigenvalue weighted by Gasteiger charge is 2.22. The van der Waals surface area contributed by atoms with Crippen LogP contribution >= 0.6 is 11.6 Å². The third kappa shape index (κ3) is 8.76. The molecule has 0 bridgehead atoms. The van der Waals surface area contributed by atoms with Gasteiger partial charge in [-0.15, -0.1) is 0 Å². The molecule has 0 aliphatic carbocycles. The standard InChI is InChI=1S/C18H22N4O.C16H25ClFN/c1-11(19)12-5-7-14(8-6-12)22-10-13-9-15(18(2,3)4)20-16(13)21-17(22)23;1-15(2,3)12-9-11(10-13(17)14(12)18)7-6-8-16(4,5)19/h5-11H,19H2,1-4H3,(H,20,21,23);9-10H,6-8,19H2,1-5H3/t11-;/m0./s1. The van der Waals surface area contributed by atoms with Gasteiger partial charge in [-0.3, -0.25) is 4.57 Å². The van der Waals surface area contributed by atoms with E-state index in [0.717, 1.165) is 47.2 Å². The van der Waals surface area contributed by atoms with Gasteiger partial charge in [-0.05, 0) is 86.4 Å². The Kier molecular flexibility index (Phi) is 10.1. The number of fused-ring (bicyclic) bond motifs is 1. The third-order valence-electron chi connectivity index (χ3n) is 7.20. The molecule has 0 aliphatic rings. The minimum Gasteiger partial charge on any atom is -0.343 e. The lowest BCUT2D eigenvalue weighted by atomic mass is 9.85. The van der Waals surface area contributed by atoms with Gasteiger partial charge in [0.25, 0.3) is 0 Å². The van der Waals surface area contributed by atoms with E-state index in [2.05, 4.69) is 36.8 Å². The van der Waals surface area contributed by atoms with Crippen LogP contribution in [-0.2, 0) is 17.3 Å². The van der Waals surface area contributed by atoms with E-state index < -0.39 is 0 Å². The quantitative estimate of drug-likeness (QED) is 0.211. The first-order chi connectivity index (χ1) is 19.3. The SMILES string of the molecule is CC(C)(N)CCCc1cc(Cl)c(F)c(C(C)(C)C)c1.C[C@H](N)c1ccc(-n2cc3cc(C(C)(C)C)[nH]c3nc2=O)cc1. The number of nitrogens with two attached hydrogens (primary N) is 2. The summed E-state index contributed by atoms with van der Waals surface area (Å²) in [5.74, 6) is -0.294. The summed E-state index contributed by atoms with van der Waals surface area (Å²) in [5.41, 5.74) is 16.4. The van der Waals surface area contributed by atoms with Gasteiger partial charge in [-0.1, -0.05) is 71.3 Å². The number of hydrogen-bond donors (Lipinski definition) is 3. The summed E-state index contributed by atoms with van der Waals surface area (Å²) >= 11 is 5.99. The Morgan fingerprint density at radius 2 is 1.62 bits per heavy atom. The zero-order valence-electron chi connectivity index (χ0n) is 26.5. The number of hydrogen-bond acceptors (Lipinski definition) is 4. The predicted octanol–water partition coefficient (Wildman–Crippen LogP) is 7.87. The molecule has 6 nitrogen and oxygen atoms in total. The van der Waals surface area contributed by atoms with Gasteiger partial charge in [0.15, 0.2) is 0 Å². The average molecular weight is 596 g/mol. The van der Waals surface area contributed by atoms with E-state index in [1.54, 1.807) is 10.6 Å². The number of benzene rings is 2. The number of halogens is 2. The zero-order valence-corrected chi connectivity index (χ0v) is 27.3. The topological polar surface area (TPSA) is 103 Å². The molecule has 2 aromatic carbocycles. The highest BCUT2D eigenvalue weighted by Crippen LogP contribution is 2.31. The molecule has 8 heteroatoms. The molecular formula is C34H47ClFN5O. The summed E-state index contributed by atoms with van der Waals surface area (Å²) in [6.07, 6.45) is 4.63. The van der Waals surface area contributed by atoms with Gasteiger partial charge < -0.3 is 16.5 Å². The molecule has 0 saturated heterocycles. The van der Waals surface area contributed by atoms with Gasteiger partial charge in [0.2, 0.25) is 0 Å². The largest absolute Gasteiger partial charge is 0.354 e. The second-order valence-corrected chi connectivity index (χ2v) is 14.4. The first kappa shape index (κ1) is 33.5. The Morgan fingerprint density at radius 3 is 2.14 bits per heavy atom. The number of H-pyrrole nitrogens is 1. The molecule has 0 spiro atoms. The van der Waals surface area contributed by atoms with Crippen molar-refractivity contribution in [1.29, 1.82) is 0 Å². The smallest absolute Gasteiger partial charge is 0.343 e. The number of aromatic amines is 1. The second-order valence-electron chi connectivity index (χ2n) is 14.0. The molecule has 42 heavy (non-hydrogen) atoms. The van der Waals surface area contributed by atoms with E-state index in [9.17, 15) is 9.18 Å². The number of aromatic nitrogens is 3. The Labute approximate surface area is 254 Å². The maximum absolute atomic E-state index is 14.0. The van der Waals surface area contributed by atoms with E-state index in [-0.39, 0.29) is 38.9 Å². The van der Waals surface area contributed by atoms with Gasteiger partial charge in [0.05, 0.1) is 10.7 Å². The van der Waals surface area contributed by atoms with Crippen LogP contribution in [-0.4, -0.2) is 20.1 Å². The lowest BCUT2D eigenvalue weighted by Gasteiger charge is -2.22. The second kappa shape index (κ2) is 12.7. The van der Waals surface area contributed by atoms with Gasteiger partial charge in [0.1, 0.15) is 11.5 Å². The fraction of sp³-hybridized carbons (Fsp3) is 0.471. The molecule has 0 fully saturated rings. The van der Waals surface area contributed by atoms with Crippen molar-refractivity contribution in [3.63, 3.8) is 0 Å². The molecule has 4 rings (SSSR count). The van der Waals surface area contributed by atoms with Crippen molar-refractivity contribution in [2.24, 2.45) is 11.5 Å². The van der Waals surface area contributed by atoms with Crippen LogP contribution in [0.15, 0.2) is 53.5 Å². The Bertz CT molecular complexity index is 1570. The minimum absolute atomic E-state index is 0.0203. The molecule has 0 radical (unpaired) electrons. The summed E-state index contributed by atoms with van der Waals surface area (Å²) in [6, 6.07) is 13.4. The minimum atomic E-state index is -0.298. The van der Waals surface area contributed by atoms with Crippen molar-refractivity contribution in [2.75, 3.05) is 0 Å². The Balaban J connectivity index is 0.000000236. The maximum atomic E-state index is 14.0. The summed E-state index contributed by atoms with van der Waals surface area (Å²) in [4.78, 5) is 19.7. The van der Waals surface area contributed by atoms with E-state index in [0.29, 0.717) is 11.2 Å². The molecule has 2 heterocycles. The summed E-state index contributed by atoms with van der Waals surface area (Å²) in [6.45, 7) is 18.3. The zero-order chi connectivity index (χ0) is 31.6. The fourth-order valence-corrected chi connectivity index (χ4v) is 4.85. The summed E-state index contributed by atoms with van der Waals surface area (Å²) in [7, 11) is 0. The summed E-state index contributed by atoms with van der Waals surface area (Å²) < 4.78 is 15.6. The van der Waals surface area contributed by atoms with Crippen LogP contribution in [0.4, 0.5) is 4.39 Å². The molecule has 0 unspecified atom stereocenters. The lowest BCUT2D eigenvalue weighted by Crippen LogP contribution is -2.31. The van der Waals surface area contributed by atoms with E-state index in [1.807, 2.05) is 78.1 Å². The van der Waals surface area contributed by atoms with Crippen LogP contribution in [0.2, 0.25) is 5.02 Å². The van der Waals surface area contributed by atoms with Crippen LogP contribution < -0.4 is 17.2 Å². The number of rotatable bonds is 6. The van der Waals surface area contributed by atoms with Crippen molar-refractivity contribution in [3.8, 4) is 5.69 Å². The van der Waals surface area contributed by atoms with Gasteiger partial charge in [-0.25, -0.2) is 9.18 Å². The summed E-state index contributed by atoms with van der Waals surface area (Å²) in [5, 5.41) is 1.14. The van der Waals surface area contributed by atoms with Crippen LogP contribution in [0.1, 0.15) is 104 Å². The van der Waals surface area contributed by atoms with Crippen molar-refractivity contribution in [3.05, 3.63) is 92.4 Å². The Hall–Kier alpha value is -3.00. The van der Waals surface area contributed by atoms with Crippen molar-refractivity contribution >= 4 is 22.6 Å². The predicted molar refractivity (Wildman–Crippen MR) is 174 cm³/mol. The van der Waals surface area contributed by atoms with Crippen molar-refractivity contribution in [1.82, 2.24) is 14.5 Å². The molecule has 228 valence electrons. The lowest BCUT2D eigenvalue weighted by molar-refractivity contribution is 0.458. The fourth-order valence-electron chi connectivity index (χ4n) is 4.61. The Morgan fingerprint density at radius 1 is 1.00 bits per heavy atom. The number of nitrogens with one attached hydrogen (secondary N) is 1. The molecule has 0 aliphatic heterocycles. The normalized spacial score (nSPS) is 13.2. The molecule has 5 N–H and O–H groups in total. The van der Waals surface area contributed by atoms with Crippen molar-refractivity contribution < 1.29 is 4.39 Å². The highest BCUT2D eigenvalue weighted by molar-refractivity contribution is 6.30. The monoisotopic (exact) mass is 595 g/mol. The van der Waals surface area contributed by atoms with Gasteiger partial charge in [-0.2, -0.15) is 4.98 Å². The maximum Gasteiger partial charge on any atom is 0.354 e. The highest BCUT2D eigenvalue weighted by atomic mass is 35.5. The first-order valence-corrected chi connectivity index (χ1v) is 14.9. The van der Waals surface area contributed by atoms with Gasteiger partial charge >= 0.3 is 5.69 Å².